The molecule has 0 bridgehead atoms. The third kappa shape index (κ3) is 6.44. The summed E-state index contributed by atoms with van der Waals surface area (Å²) in [6, 6.07) is 0. The van der Waals surface area contributed by atoms with Gasteiger partial charge in [-0.25, -0.2) is 0 Å². The van der Waals surface area contributed by atoms with Gasteiger partial charge in [-0.15, -0.1) is 0 Å². The maximum Gasteiger partial charge on any atom is 0.308 e. The molecule has 0 aromatic heterocycles. The van der Waals surface area contributed by atoms with Crippen LogP contribution in [-0.2, 0) is 33.3 Å². The van der Waals surface area contributed by atoms with Gasteiger partial charge in [0.1, 0.15) is 18.8 Å². The largest absolute Gasteiger partial charge is 0.463 e. The molecule has 1 aliphatic rings. The van der Waals surface area contributed by atoms with E-state index in [0.717, 1.165) is 0 Å². The van der Waals surface area contributed by atoms with Crippen LogP contribution in [-0.4, -0.2) is 65.4 Å². The minimum atomic E-state index is -1.66. The molecule has 0 aromatic carbocycles. The average Bonchev–Trinajstić information content (AvgIpc) is 2.58. The molecular formula is C18H30O9. The van der Waals surface area contributed by atoms with Crippen LogP contribution in [0.5, 0.6) is 0 Å². The van der Waals surface area contributed by atoms with Gasteiger partial charge in [0.05, 0.1) is 17.8 Å². The summed E-state index contributed by atoms with van der Waals surface area (Å²) in [5.41, 5.74) is 0. The Labute approximate surface area is 158 Å². The molecule has 0 aromatic rings. The summed E-state index contributed by atoms with van der Waals surface area (Å²) in [6.07, 6.45) is -7.06. The van der Waals surface area contributed by atoms with Crippen molar-refractivity contribution in [3.63, 3.8) is 0 Å². The van der Waals surface area contributed by atoms with Gasteiger partial charge < -0.3 is 29.2 Å². The highest BCUT2D eigenvalue weighted by Gasteiger charge is 2.50. The van der Waals surface area contributed by atoms with Crippen LogP contribution in [0, 0.1) is 17.8 Å². The lowest BCUT2D eigenvalue weighted by Gasteiger charge is -2.41. The smallest absolute Gasteiger partial charge is 0.308 e. The number of esters is 3. The summed E-state index contributed by atoms with van der Waals surface area (Å²) in [6.45, 7) is 9.32. The number of aliphatic hydroxyl groups is 2. The van der Waals surface area contributed by atoms with E-state index in [1.54, 1.807) is 41.5 Å². The molecule has 0 aliphatic carbocycles. The number of ether oxygens (including phenoxy) is 4. The van der Waals surface area contributed by atoms with Crippen molar-refractivity contribution in [2.75, 3.05) is 6.61 Å². The van der Waals surface area contributed by atoms with E-state index in [0.29, 0.717) is 0 Å². The minimum absolute atomic E-state index is 0.351. The fourth-order valence-electron chi connectivity index (χ4n) is 2.18. The van der Waals surface area contributed by atoms with Crippen molar-refractivity contribution >= 4 is 17.9 Å². The standard InChI is InChI=1S/C18H30O9/c1-8(2)15(20)24-7-11-12(19)13(26-16(21)9(3)4)14(18(23)25-11)27-17(22)10(5)6/h8-14,18-19,23H,7H2,1-6H3/t11-,12-,13+,14-,18-/m1/s1. The third-order valence-corrected chi connectivity index (χ3v) is 3.95. The van der Waals surface area contributed by atoms with Crippen LogP contribution in [0.2, 0.25) is 0 Å². The zero-order chi connectivity index (χ0) is 20.9. The zero-order valence-corrected chi connectivity index (χ0v) is 16.6. The first-order valence-electron chi connectivity index (χ1n) is 9.04. The Kier molecular flexibility index (Phi) is 8.64. The van der Waals surface area contributed by atoms with Crippen LogP contribution in [0.25, 0.3) is 0 Å². The van der Waals surface area contributed by atoms with Crippen molar-refractivity contribution in [1.29, 1.82) is 0 Å². The third-order valence-electron chi connectivity index (χ3n) is 3.95. The number of aliphatic hydroxyl groups excluding tert-OH is 2. The predicted molar refractivity (Wildman–Crippen MR) is 92.1 cm³/mol. The molecule has 1 saturated heterocycles. The Hall–Kier alpha value is -1.71. The highest BCUT2D eigenvalue weighted by molar-refractivity contribution is 5.73. The molecule has 1 heterocycles. The quantitative estimate of drug-likeness (QED) is 0.469. The van der Waals surface area contributed by atoms with Gasteiger partial charge >= 0.3 is 17.9 Å². The van der Waals surface area contributed by atoms with Crippen LogP contribution in [0.15, 0.2) is 0 Å². The van der Waals surface area contributed by atoms with Gasteiger partial charge in [-0.3, -0.25) is 14.4 Å². The Morgan fingerprint density at radius 2 is 1.26 bits per heavy atom. The molecule has 0 amide bonds. The first-order chi connectivity index (χ1) is 12.5. The van der Waals surface area contributed by atoms with Crippen LogP contribution < -0.4 is 0 Å². The van der Waals surface area contributed by atoms with Crippen molar-refractivity contribution in [1.82, 2.24) is 0 Å². The molecule has 1 fully saturated rings. The van der Waals surface area contributed by atoms with Crippen molar-refractivity contribution in [3.05, 3.63) is 0 Å². The second-order valence-electron chi connectivity index (χ2n) is 7.45. The number of carbonyl (C=O) groups excluding carboxylic acids is 3. The fourth-order valence-corrected chi connectivity index (χ4v) is 2.18. The molecule has 0 unspecified atom stereocenters. The molecular weight excluding hydrogens is 360 g/mol. The Balaban J connectivity index is 2.97. The Morgan fingerprint density at radius 3 is 1.70 bits per heavy atom. The van der Waals surface area contributed by atoms with Gasteiger partial charge in [-0.2, -0.15) is 0 Å². The first kappa shape index (κ1) is 23.3. The van der Waals surface area contributed by atoms with Gasteiger partial charge in [0, 0.05) is 0 Å². The first-order valence-corrected chi connectivity index (χ1v) is 9.04. The second-order valence-corrected chi connectivity index (χ2v) is 7.45. The summed E-state index contributed by atoms with van der Waals surface area (Å²) >= 11 is 0. The van der Waals surface area contributed by atoms with Gasteiger partial charge in [0.15, 0.2) is 18.5 Å². The van der Waals surface area contributed by atoms with Gasteiger partial charge in [0.2, 0.25) is 0 Å². The van der Waals surface area contributed by atoms with Crippen molar-refractivity contribution < 1.29 is 43.5 Å². The summed E-state index contributed by atoms with van der Waals surface area (Å²) in [5.74, 6) is -3.19. The fraction of sp³-hybridized carbons (Fsp3) is 0.833. The van der Waals surface area contributed by atoms with Crippen LogP contribution in [0.1, 0.15) is 41.5 Å². The van der Waals surface area contributed by atoms with E-state index in [1.807, 2.05) is 0 Å². The lowest BCUT2D eigenvalue weighted by Crippen LogP contribution is -2.61. The van der Waals surface area contributed by atoms with Gasteiger partial charge in [-0.1, -0.05) is 41.5 Å². The lowest BCUT2D eigenvalue weighted by atomic mass is 9.98. The van der Waals surface area contributed by atoms with E-state index in [4.69, 9.17) is 18.9 Å². The predicted octanol–water partition coefficient (Wildman–Crippen LogP) is 0.399. The van der Waals surface area contributed by atoms with E-state index < -0.39 is 60.4 Å². The molecule has 1 aliphatic heterocycles. The molecule has 5 atom stereocenters. The molecule has 27 heavy (non-hydrogen) atoms. The maximum absolute atomic E-state index is 12.0. The molecule has 156 valence electrons. The van der Waals surface area contributed by atoms with E-state index in [2.05, 4.69) is 0 Å². The topological polar surface area (TPSA) is 129 Å². The number of hydrogen-bond acceptors (Lipinski definition) is 9. The normalized spacial score (nSPS) is 28.3. The van der Waals surface area contributed by atoms with Crippen molar-refractivity contribution in [2.24, 2.45) is 17.8 Å². The van der Waals surface area contributed by atoms with Crippen LogP contribution >= 0.6 is 0 Å². The molecule has 0 saturated carbocycles. The van der Waals surface area contributed by atoms with Gasteiger partial charge in [0.25, 0.3) is 0 Å². The highest BCUT2D eigenvalue weighted by atomic mass is 16.7. The average molecular weight is 390 g/mol. The molecule has 0 radical (unpaired) electrons. The maximum atomic E-state index is 12.0. The summed E-state index contributed by atoms with van der Waals surface area (Å²) < 4.78 is 20.7. The zero-order valence-electron chi connectivity index (χ0n) is 16.6. The van der Waals surface area contributed by atoms with Crippen LogP contribution in [0.3, 0.4) is 0 Å². The summed E-state index contributed by atoms with van der Waals surface area (Å²) in [7, 11) is 0. The van der Waals surface area contributed by atoms with E-state index in [1.165, 1.54) is 0 Å². The van der Waals surface area contributed by atoms with Crippen LogP contribution in [0.4, 0.5) is 0 Å². The van der Waals surface area contributed by atoms with Crippen molar-refractivity contribution in [3.8, 4) is 0 Å². The SMILES string of the molecule is CC(C)C(=O)OC[C@H]1O[C@@H](O)[C@H](OC(=O)C(C)C)[C@@H](OC(=O)C(C)C)[C@@H]1O. The highest BCUT2D eigenvalue weighted by Crippen LogP contribution is 2.27. The second kappa shape index (κ2) is 10.0. The molecule has 2 N–H and O–H groups in total. The summed E-state index contributed by atoms with van der Waals surface area (Å²) in [4.78, 5) is 35.6. The molecule has 9 heteroatoms. The van der Waals surface area contributed by atoms with E-state index >= 15 is 0 Å². The minimum Gasteiger partial charge on any atom is -0.463 e. The van der Waals surface area contributed by atoms with Gasteiger partial charge in [-0.05, 0) is 0 Å². The molecule has 1 rings (SSSR count). The lowest BCUT2D eigenvalue weighted by molar-refractivity contribution is -0.295. The Morgan fingerprint density at radius 1 is 0.815 bits per heavy atom. The summed E-state index contributed by atoms with van der Waals surface area (Å²) in [5, 5.41) is 20.8. The number of carbonyl (C=O) groups is 3. The van der Waals surface area contributed by atoms with E-state index in [-0.39, 0.29) is 12.5 Å². The molecule has 0 spiro atoms. The Bertz CT molecular complexity index is 529. The number of hydrogen-bond donors (Lipinski definition) is 2. The van der Waals surface area contributed by atoms with E-state index in [9.17, 15) is 24.6 Å². The van der Waals surface area contributed by atoms with Crippen molar-refractivity contribution in [2.45, 2.75) is 72.2 Å². The monoisotopic (exact) mass is 390 g/mol. The molecule has 9 nitrogen and oxygen atoms in total. The number of rotatable bonds is 7.